The summed E-state index contributed by atoms with van der Waals surface area (Å²) in [6, 6.07) is 6.73. The number of amides is 1. The van der Waals surface area contributed by atoms with E-state index in [9.17, 15) is 4.79 Å². The Morgan fingerprint density at radius 2 is 1.67 bits per heavy atom. The number of rotatable bonds is 2. The van der Waals surface area contributed by atoms with E-state index in [1.165, 1.54) is 43.2 Å². The third-order valence-corrected chi connectivity index (χ3v) is 6.86. The molecule has 2 N–H and O–H groups in total. The van der Waals surface area contributed by atoms with E-state index < -0.39 is 0 Å². The van der Waals surface area contributed by atoms with E-state index in [4.69, 9.17) is 0 Å². The number of hydrogen-bond donors (Lipinski definition) is 2. The zero-order valence-electron chi connectivity index (χ0n) is 14.6. The van der Waals surface area contributed by atoms with Crippen molar-refractivity contribution in [1.29, 1.82) is 0 Å². The molecule has 1 heterocycles. The second kappa shape index (κ2) is 5.11. The molecule has 1 amide bonds. The van der Waals surface area contributed by atoms with Crippen molar-refractivity contribution in [3.8, 4) is 0 Å². The molecular formula is C21H26N2O. The fraction of sp³-hybridized carbons (Fsp3) is 0.571. The Morgan fingerprint density at radius 1 is 1.00 bits per heavy atom. The van der Waals surface area contributed by atoms with Crippen LogP contribution in [-0.4, -0.2) is 16.9 Å². The lowest BCUT2D eigenvalue weighted by Crippen LogP contribution is -2.55. The van der Waals surface area contributed by atoms with Gasteiger partial charge in [0, 0.05) is 16.9 Å². The van der Waals surface area contributed by atoms with Crippen molar-refractivity contribution in [3.05, 3.63) is 35.0 Å². The van der Waals surface area contributed by atoms with Crippen molar-refractivity contribution in [1.82, 2.24) is 10.3 Å². The lowest BCUT2D eigenvalue weighted by Gasteiger charge is -2.54. The molecule has 0 spiro atoms. The second-order valence-corrected chi connectivity index (χ2v) is 8.66. The zero-order chi connectivity index (χ0) is 16.4. The first-order valence-corrected chi connectivity index (χ1v) is 9.47. The average Bonchev–Trinajstić information content (AvgIpc) is 2.94. The van der Waals surface area contributed by atoms with Crippen LogP contribution >= 0.6 is 0 Å². The molecule has 3 nitrogen and oxygen atoms in total. The van der Waals surface area contributed by atoms with Crippen molar-refractivity contribution in [2.75, 3.05) is 0 Å². The molecule has 126 valence electrons. The Labute approximate surface area is 143 Å². The molecule has 4 aliphatic rings. The van der Waals surface area contributed by atoms with Crippen molar-refractivity contribution in [2.24, 2.45) is 23.7 Å². The van der Waals surface area contributed by atoms with Gasteiger partial charge in [-0.1, -0.05) is 6.07 Å². The van der Waals surface area contributed by atoms with Gasteiger partial charge in [-0.15, -0.1) is 0 Å². The van der Waals surface area contributed by atoms with Gasteiger partial charge < -0.3 is 10.3 Å². The van der Waals surface area contributed by atoms with Crippen LogP contribution in [0.4, 0.5) is 0 Å². The number of aromatic nitrogens is 1. The minimum atomic E-state index is 0.0840. The monoisotopic (exact) mass is 322 g/mol. The third kappa shape index (κ3) is 2.21. The SMILES string of the molecule is Cc1cc(C)c2cc(C(=O)NC3C4CC5CC(C4)CC3C5)[nH]c2c1. The largest absolute Gasteiger partial charge is 0.351 e. The highest BCUT2D eigenvalue weighted by molar-refractivity contribution is 5.99. The number of benzene rings is 1. The van der Waals surface area contributed by atoms with Gasteiger partial charge in [0.25, 0.3) is 5.91 Å². The van der Waals surface area contributed by atoms with E-state index in [1.54, 1.807) is 0 Å². The van der Waals surface area contributed by atoms with Crippen LogP contribution in [0.25, 0.3) is 10.9 Å². The van der Waals surface area contributed by atoms with E-state index in [-0.39, 0.29) is 5.91 Å². The molecule has 4 fully saturated rings. The van der Waals surface area contributed by atoms with E-state index in [1.807, 2.05) is 6.07 Å². The van der Waals surface area contributed by atoms with Gasteiger partial charge in [0.1, 0.15) is 5.69 Å². The number of nitrogens with one attached hydrogen (secondary N) is 2. The molecule has 1 aromatic heterocycles. The molecule has 0 unspecified atom stereocenters. The van der Waals surface area contributed by atoms with E-state index in [0.29, 0.717) is 11.7 Å². The molecule has 2 aromatic rings. The molecule has 4 aliphatic carbocycles. The fourth-order valence-electron chi connectivity index (χ4n) is 6.11. The minimum Gasteiger partial charge on any atom is -0.351 e. The minimum absolute atomic E-state index is 0.0840. The molecule has 6 rings (SSSR count). The Bertz CT molecular complexity index is 791. The van der Waals surface area contributed by atoms with E-state index in [0.717, 1.165) is 34.6 Å². The topological polar surface area (TPSA) is 44.9 Å². The number of aryl methyl sites for hydroxylation is 2. The summed E-state index contributed by atoms with van der Waals surface area (Å²) in [5, 5.41) is 4.57. The fourth-order valence-corrected chi connectivity index (χ4v) is 6.11. The van der Waals surface area contributed by atoms with E-state index >= 15 is 0 Å². The number of carbonyl (C=O) groups excluding carboxylic acids is 1. The van der Waals surface area contributed by atoms with Gasteiger partial charge in [-0.25, -0.2) is 0 Å². The van der Waals surface area contributed by atoms with Gasteiger partial charge in [-0.05, 0) is 92.9 Å². The van der Waals surface area contributed by atoms with E-state index in [2.05, 4.69) is 36.3 Å². The quantitative estimate of drug-likeness (QED) is 0.849. The summed E-state index contributed by atoms with van der Waals surface area (Å²) in [6.45, 7) is 4.21. The van der Waals surface area contributed by atoms with Gasteiger partial charge in [0.15, 0.2) is 0 Å². The molecular weight excluding hydrogens is 296 g/mol. The maximum Gasteiger partial charge on any atom is 0.267 e. The summed E-state index contributed by atoms with van der Waals surface area (Å²) in [4.78, 5) is 16.2. The maximum atomic E-state index is 12.9. The molecule has 3 heteroatoms. The highest BCUT2D eigenvalue weighted by atomic mass is 16.1. The van der Waals surface area contributed by atoms with Crippen LogP contribution in [0.1, 0.15) is 53.7 Å². The molecule has 4 bridgehead atoms. The third-order valence-electron chi connectivity index (χ3n) is 6.86. The molecule has 0 saturated heterocycles. The predicted octanol–water partition coefficient (Wildman–Crippen LogP) is 4.34. The Kier molecular flexibility index (Phi) is 3.10. The second-order valence-electron chi connectivity index (χ2n) is 8.66. The highest BCUT2D eigenvalue weighted by Crippen LogP contribution is 2.53. The molecule has 0 atom stereocenters. The highest BCUT2D eigenvalue weighted by Gasteiger charge is 2.48. The van der Waals surface area contributed by atoms with Crippen molar-refractivity contribution in [2.45, 2.75) is 52.0 Å². The first-order valence-electron chi connectivity index (χ1n) is 9.47. The first kappa shape index (κ1) is 14.6. The summed E-state index contributed by atoms with van der Waals surface area (Å²) < 4.78 is 0. The van der Waals surface area contributed by atoms with Crippen LogP contribution in [0.15, 0.2) is 18.2 Å². The van der Waals surface area contributed by atoms with Gasteiger partial charge >= 0.3 is 0 Å². The number of fused-ring (bicyclic) bond motifs is 1. The predicted molar refractivity (Wildman–Crippen MR) is 96.1 cm³/mol. The standard InChI is InChI=1S/C21H26N2O/c1-11-3-12(2)17-10-19(22-18(17)4-11)21(24)23-20-15-6-13-5-14(8-15)9-16(20)7-13/h3-4,10,13-16,20,22H,5-9H2,1-2H3,(H,23,24). The van der Waals surface area contributed by atoms with Gasteiger partial charge in [0.05, 0.1) is 0 Å². The Balaban J connectivity index is 1.40. The van der Waals surface area contributed by atoms with Gasteiger partial charge in [-0.2, -0.15) is 0 Å². The van der Waals surface area contributed by atoms with Crippen molar-refractivity contribution >= 4 is 16.8 Å². The summed E-state index contributed by atoms with van der Waals surface area (Å²) in [6.07, 6.45) is 6.80. The van der Waals surface area contributed by atoms with Gasteiger partial charge in [-0.3, -0.25) is 4.79 Å². The van der Waals surface area contributed by atoms with Crippen molar-refractivity contribution < 1.29 is 4.79 Å². The summed E-state index contributed by atoms with van der Waals surface area (Å²) in [5.41, 5.74) is 4.25. The average molecular weight is 322 g/mol. The lowest BCUT2D eigenvalue weighted by atomic mass is 9.54. The summed E-state index contributed by atoms with van der Waals surface area (Å²) >= 11 is 0. The van der Waals surface area contributed by atoms with Gasteiger partial charge in [0.2, 0.25) is 0 Å². The van der Waals surface area contributed by atoms with Crippen LogP contribution in [0, 0.1) is 37.5 Å². The Morgan fingerprint density at radius 3 is 2.33 bits per heavy atom. The normalized spacial score (nSPS) is 34.0. The molecule has 24 heavy (non-hydrogen) atoms. The Hall–Kier alpha value is -1.77. The molecule has 1 aromatic carbocycles. The smallest absolute Gasteiger partial charge is 0.267 e. The molecule has 0 aliphatic heterocycles. The molecule has 4 saturated carbocycles. The number of hydrogen-bond acceptors (Lipinski definition) is 1. The maximum absolute atomic E-state index is 12.9. The molecule has 0 radical (unpaired) electrons. The van der Waals surface area contributed by atoms with Crippen LogP contribution in [0.3, 0.4) is 0 Å². The number of H-pyrrole nitrogens is 1. The number of aromatic amines is 1. The van der Waals surface area contributed by atoms with Crippen LogP contribution < -0.4 is 5.32 Å². The zero-order valence-corrected chi connectivity index (χ0v) is 14.6. The van der Waals surface area contributed by atoms with Crippen LogP contribution in [-0.2, 0) is 0 Å². The number of carbonyl (C=O) groups is 1. The van der Waals surface area contributed by atoms with Crippen LogP contribution in [0.2, 0.25) is 0 Å². The summed E-state index contributed by atoms with van der Waals surface area (Å²) in [7, 11) is 0. The first-order chi connectivity index (χ1) is 11.6. The summed E-state index contributed by atoms with van der Waals surface area (Å²) in [5.74, 6) is 3.41. The van der Waals surface area contributed by atoms with Crippen LogP contribution in [0.5, 0.6) is 0 Å². The lowest BCUT2D eigenvalue weighted by molar-refractivity contribution is -0.0120. The van der Waals surface area contributed by atoms with Crippen molar-refractivity contribution in [3.63, 3.8) is 0 Å².